The standard InChI is InChI=1S/C18H24N4O2/c23-17(19-9-6-12-21-10-4-1-5-11-21)13-22-14-20-16-8-3-2-7-15(16)18(22)24/h2-3,7-8,14H,1,4-6,9-13H2,(H,19,23)/p+1. The first kappa shape index (κ1) is 16.6. The predicted molar refractivity (Wildman–Crippen MR) is 93.0 cm³/mol. The van der Waals surface area contributed by atoms with E-state index in [1.54, 1.807) is 23.1 Å². The minimum absolute atomic E-state index is 0.0211. The van der Waals surface area contributed by atoms with Crippen LogP contribution >= 0.6 is 0 Å². The smallest absolute Gasteiger partial charge is 0.261 e. The molecular weight excluding hydrogens is 304 g/mol. The largest absolute Gasteiger partial charge is 0.354 e. The maximum absolute atomic E-state index is 12.3. The Balaban J connectivity index is 1.48. The number of likely N-dealkylation sites (tertiary alicyclic amines) is 1. The fraction of sp³-hybridized carbons (Fsp3) is 0.500. The van der Waals surface area contributed by atoms with Crippen molar-refractivity contribution in [3.8, 4) is 0 Å². The molecule has 1 aliphatic heterocycles. The Morgan fingerprint density at radius 1 is 1.21 bits per heavy atom. The molecule has 2 heterocycles. The van der Waals surface area contributed by atoms with Gasteiger partial charge in [-0.3, -0.25) is 14.2 Å². The van der Waals surface area contributed by atoms with Crippen LogP contribution in [0.2, 0.25) is 0 Å². The van der Waals surface area contributed by atoms with Crippen LogP contribution in [0.5, 0.6) is 0 Å². The monoisotopic (exact) mass is 329 g/mol. The van der Waals surface area contributed by atoms with E-state index in [1.165, 1.54) is 43.2 Å². The van der Waals surface area contributed by atoms with E-state index in [4.69, 9.17) is 0 Å². The van der Waals surface area contributed by atoms with Crippen molar-refractivity contribution < 1.29 is 9.69 Å². The van der Waals surface area contributed by atoms with E-state index in [9.17, 15) is 9.59 Å². The Kier molecular flexibility index (Phi) is 5.59. The second-order valence-electron chi connectivity index (χ2n) is 6.46. The number of carbonyl (C=O) groups excluding carboxylic acids is 1. The van der Waals surface area contributed by atoms with E-state index in [2.05, 4.69) is 10.3 Å². The van der Waals surface area contributed by atoms with Crippen LogP contribution < -0.4 is 15.8 Å². The third-order valence-corrected chi connectivity index (χ3v) is 4.64. The number of rotatable bonds is 6. The molecule has 0 atom stereocenters. The van der Waals surface area contributed by atoms with E-state index in [0.29, 0.717) is 17.4 Å². The van der Waals surface area contributed by atoms with E-state index in [1.807, 2.05) is 6.07 Å². The molecule has 1 fully saturated rings. The average molecular weight is 329 g/mol. The number of nitrogens with one attached hydrogen (secondary N) is 2. The maximum Gasteiger partial charge on any atom is 0.261 e. The topological polar surface area (TPSA) is 68.4 Å². The zero-order valence-electron chi connectivity index (χ0n) is 14.0. The van der Waals surface area contributed by atoms with Gasteiger partial charge in [-0.15, -0.1) is 0 Å². The molecule has 6 nitrogen and oxygen atoms in total. The first-order valence-electron chi connectivity index (χ1n) is 8.78. The molecule has 128 valence electrons. The number of carbonyl (C=O) groups is 1. The summed E-state index contributed by atoms with van der Waals surface area (Å²) in [7, 11) is 0. The number of benzene rings is 1. The summed E-state index contributed by atoms with van der Waals surface area (Å²) < 4.78 is 1.37. The lowest BCUT2D eigenvalue weighted by Gasteiger charge is -2.23. The van der Waals surface area contributed by atoms with Gasteiger partial charge in [-0.05, 0) is 31.4 Å². The lowest BCUT2D eigenvalue weighted by molar-refractivity contribution is -0.904. The van der Waals surface area contributed by atoms with Crippen LogP contribution in [0, 0.1) is 0 Å². The first-order chi connectivity index (χ1) is 11.7. The van der Waals surface area contributed by atoms with Gasteiger partial charge in [0.2, 0.25) is 5.91 Å². The summed E-state index contributed by atoms with van der Waals surface area (Å²) in [5.74, 6) is -0.136. The van der Waals surface area contributed by atoms with Gasteiger partial charge < -0.3 is 10.2 Å². The summed E-state index contributed by atoms with van der Waals surface area (Å²) >= 11 is 0. The van der Waals surface area contributed by atoms with Crippen molar-refractivity contribution >= 4 is 16.8 Å². The molecule has 0 bridgehead atoms. The normalized spacial score (nSPS) is 15.5. The van der Waals surface area contributed by atoms with Gasteiger partial charge in [-0.25, -0.2) is 4.98 Å². The van der Waals surface area contributed by atoms with Crippen LogP contribution in [-0.4, -0.2) is 41.6 Å². The minimum Gasteiger partial charge on any atom is -0.354 e. The van der Waals surface area contributed by atoms with Gasteiger partial charge in [0.05, 0.1) is 36.9 Å². The molecule has 1 aromatic carbocycles. The fourth-order valence-electron chi connectivity index (χ4n) is 3.30. The Morgan fingerprint density at radius 3 is 2.83 bits per heavy atom. The van der Waals surface area contributed by atoms with Gasteiger partial charge in [0.25, 0.3) is 5.56 Å². The summed E-state index contributed by atoms with van der Waals surface area (Å²) in [6.07, 6.45) is 6.42. The average Bonchev–Trinajstić information content (AvgIpc) is 2.62. The number of quaternary nitrogens is 1. The third-order valence-electron chi connectivity index (χ3n) is 4.64. The highest BCUT2D eigenvalue weighted by Crippen LogP contribution is 2.04. The van der Waals surface area contributed by atoms with Crippen LogP contribution in [0.3, 0.4) is 0 Å². The number of hydrogen-bond donors (Lipinski definition) is 2. The van der Waals surface area contributed by atoms with Crippen molar-refractivity contribution in [1.29, 1.82) is 0 Å². The van der Waals surface area contributed by atoms with Crippen LogP contribution in [0.15, 0.2) is 35.4 Å². The molecule has 0 unspecified atom stereocenters. The van der Waals surface area contributed by atoms with Crippen molar-refractivity contribution in [1.82, 2.24) is 14.9 Å². The maximum atomic E-state index is 12.3. The van der Waals surface area contributed by atoms with Crippen LogP contribution in [0.4, 0.5) is 0 Å². The lowest BCUT2D eigenvalue weighted by atomic mass is 10.1. The fourth-order valence-corrected chi connectivity index (χ4v) is 3.30. The second kappa shape index (κ2) is 8.06. The molecule has 0 aliphatic carbocycles. The molecule has 2 N–H and O–H groups in total. The highest BCUT2D eigenvalue weighted by molar-refractivity contribution is 5.78. The zero-order chi connectivity index (χ0) is 16.8. The third kappa shape index (κ3) is 4.20. The van der Waals surface area contributed by atoms with Gasteiger partial charge in [0.15, 0.2) is 0 Å². The Labute approximate surface area is 141 Å². The summed E-state index contributed by atoms with van der Waals surface area (Å²) in [6.45, 7) is 4.31. The lowest BCUT2D eigenvalue weighted by Crippen LogP contribution is -3.12. The van der Waals surface area contributed by atoms with Gasteiger partial charge in [-0.1, -0.05) is 12.1 Å². The van der Waals surface area contributed by atoms with E-state index < -0.39 is 0 Å². The Bertz CT molecular complexity index is 750. The quantitative estimate of drug-likeness (QED) is 0.732. The molecule has 24 heavy (non-hydrogen) atoms. The van der Waals surface area contributed by atoms with E-state index in [0.717, 1.165) is 13.0 Å². The highest BCUT2D eigenvalue weighted by Gasteiger charge is 2.13. The van der Waals surface area contributed by atoms with Gasteiger partial charge in [-0.2, -0.15) is 0 Å². The number of amides is 1. The van der Waals surface area contributed by atoms with Crippen molar-refractivity contribution in [2.45, 2.75) is 32.2 Å². The Morgan fingerprint density at radius 2 is 2.00 bits per heavy atom. The highest BCUT2D eigenvalue weighted by atomic mass is 16.2. The van der Waals surface area contributed by atoms with Crippen molar-refractivity contribution in [2.75, 3.05) is 26.2 Å². The number of fused-ring (bicyclic) bond motifs is 1. The van der Waals surface area contributed by atoms with E-state index >= 15 is 0 Å². The summed E-state index contributed by atoms with van der Waals surface area (Å²) in [5.41, 5.74) is 0.483. The first-order valence-corrected chi connectivity index (χ1v) is 8.78. The number of hydrogen-bond acceptors (Lipinski definition) is 3. The van der Waals surface area contributed by atoms with E-state index in [-0.39, 0.29) is 18.0 Å². The number of piperidine rings is 1. The molecule has 1 amide bonds. The molecule has 1 aromatic heterocycles. The van der Waals surface area contributed by atoms with Crippen LogP contribution in [0.25, 0.3) is 10.9 Å². The molecule has 6 heteroatoms. The Hall–Kier alpha value is -2.21. The van der Waals surface area contributed by atoms with Gasteiger partial charge in [0, 0.05) is 13.0 Å². The molecule has 0 radical (unpaired) electrons. The minimum atomic E-state index is -0.173. The van der Waals surface area contributed by atoms with Crippen molar-refractivity contribution in [3.05, 3.63) is 40.9 Å². The van der Waals surface area contributed by atoms with Crippen LogP contribution in [0.1, 0.15) is 25.7 Å². The molecule has 2 aromatic rings. The van der Waals surface area contributed by atoms with Crippen molar-refractivity contribution in [2.24, 2.45) is 0 Å². The molecule has 3 rings (SSSR count). The van der Waals surface area contributed by atoms with Crippen molar-refractivity contribution in [3.63, 3.8) is 0 Å². The summed E-state index contributed by atoms with van der Waals surface area (Å²) in [6, 6.07) is 7.18. The summed E-state index contributed by atoms with van der Waals surface area (Å²) in [4.78, 5) is 30.3. The number of nitrogens with zero attached hydrogens (tertiary/aromatic N) is 2. The predicted octanol–water partition coefficient (Wildman–Crippen LogP) is -0.0284. The molecule has 1 aliphatic rings. The second-order valence-corrected chi connectivity index (χ2v) is 6.46. The number of aromatic nitrogens is 2. The molecule has 0 spiro atoms. The summed E-state index contributed by atoms with van der Waals surface area (Å²) in [5, 5.41) is 3.45. The number of para-hydroxylation sites is 1. The molecule has 0 saturated carbocycles. The van der Waals surface area contributed by atoms with Gasteiger partial charge in [0.1, 0.15) is 6.54 Å². The zero-order valence-corrected chi connectivity index (χ0v) is 14.0. The SMILES string of the molecule is O=C(Cn1cnc2ccccc2c1=O)NCCC[NH+]1CCCCC1. The molecule has 1 saturated heterocycles. The molecular formula is C18H25N4O2+. The van der Waals surface area contributed by atoms with Gasteiger partial charge >= 0.3 is 0 Å². The van der Waals surface area contributed by atoms with Crippen LogP contribution in [-0.2, 0) is 11.3 Å².